The van der Waals surface area contributed by atoms with Crippen LogP contribution >= 0.6 is 11.3 Å². The molecule has 0 aromatic carbocycles. The van der Waals surface area contributed by atoms with Gasteiger partial charge in [0.2, 0.25) is 0 Å². The second-order valence-electron chi connectivity index (χ2n) is 4.89. The normalized spacial score (nSPS) is 16.1. The lowest BCUT2D eigenvalue weighted by molar-refractivity contribution is 0.0773. The first-order valence-electron chi connectivity index (χ1n) is 6.85. The number of hydrogen-bond acceptors (Lipinski definition) is 3. The Morgan fingerprint density at radius 1 is 1.39 bits per heavy atom. The third-order valence-corrected chi connectivity index (χ3v) is 4.74. The SMILES string of the molecule is CCN(CC)C(=O)c1c(C2CCCC2)csc1N. The van der Waals surface area contributed by atoms with Crippen LogP contribution in [0.3, 0.4) is 0 Å². The molecule has 0 aliphatic heterocycles. The molecule has 4 heteroatoms. The molecule has 1 aromatic rings. The van der Waals surface area contributed by atoms with Gasteiger partial charge in [0.25, 0.3) is 5.91 Å². The lowest BCUT2D eigenvalue weighted by Gasteiger charge is -2.20. The molecule has 2 rings (SSSR count). The zero-order chi connectivity index (χ0) is 13.1. The molecular formula is C14H22N2OS. The van der Waals surface area contributed by atoms with Crippen LogP contribution in [0.5, 0.6) is 0 Å². The van der Waals surface area contributed by atoms with E-state index in [0.29, 0.717) is 10.9 Å². The molecule has 100 valence electrons. The Morgan fingerprint density at radius 2 is 2.00 bits per heavy atom. The summed E-state index contributed by atoms with van der Waals surface area (Å²) < 4.78 is 0. The molecule has 1 aliphatic carbocycles. The van der Waals surface area contributed by atoms with Gasteiger partial charge in [0.15, 0.2) is 0 Å². The summed E-state index contributed by atoms with van der Waals surface area (Å²) in [6, 6.07) is 0. The minimum atomic E-state index is 0.112. The maximum absolute atomic E-state index is 12.5. The average molecular weight is 266 g/mol. The van der Waals surface area contributed by atoms with Crippen molar-refractivity contribution in [1.29, 1.82) is 0 Å². The average Bonchev–Trinajstić information content (AvgIpc) is 2.98. The van der Waals surface area contributed by atoms with Crippen molar-refractivity contribution in [3.05, 3.63) is 16.5 Å². The molecule has 2 N–H and O–H groups in total. The molecule has 1 aliphatic rings. The fourth-order valence-electron chi connectivity index (χ4n) is 2.82. The number of rotatable bonds is 4. The monoisotopic (exact) mass is 266 g/mol. The Kier molecular flexibility index (Phi) is 4.27. The molecule has 0 atom stereocenters. The van der Waals surface area contributed by atoms with Gasteiger partial charge in [-0.15, -0.1) is 11.3 Å². The Labute approximate surface area is 113 Å². The highest BCUT2D eigenvalue weighted by atomic mass is 32.1. The summed E-state index contributed by atoms with van der Waals surface area (Å²) in [4.78, 5) is 14.4. The van der Waals surface area contributed by atoms with E-state index < -0.39 is 0 Å². The van der Waals surface area contributed by atoms with Gasteiger partial charge in [0, 0.05) is 13.1 Å². The second kappa shape index (κ2) is 5.74. The van der Waals surface area contributed by atoms with Crippen LogP contribution in [0.1, 0.15) is 61.4 Å². The molecule has 1 saturated carbocycles. The van der Waals surface area contributed by atoms with E-state index in [9.17, 15) is 4.79 Å². The van der Waals surface area contributed by atoms with Crippen molar-refractivity contribution in [2.24, 2.45) is 0 Å². The van der Waals surface area contributed by atoms with Crippen LogP contribution in [0.15, 0.2) is 5.38 Å². The van der Waals surface area contributed by atoms with Gasteiger partial charge in [-0.25, -0.2) is 0 Å². The first-order valence-corrected chi connectivity index (χ1v) is 7.73. The highest BCUT2D eigenvalue weighted by Gasteiger charge is 2.27. The molecule has 3 nitrogen and oxygen atoms in total. The standard InChI is InChI=1S/C14H22N2OS/c1-3-16(4-2)14(17)12-11(9-18-13(12)15)10-7-5-6-8-10/h9-10H,3-8,15H2,1-2H3. The van der Waals surface area contributed by atoms with Crippen molar-refractivity contribution in [3.8, 4) is 0 Å². The topological polar surface area (TPSA) is 46.3 Å². The number of amides is 1. The summed E-state index contributed by atoms with van der Waals surface area (Å²) >= 11 is 1.51. The quantitative estimate of drug-likeness (QED) is 0.907. The minimum absolute atomic E-state index is 0.112. The lowest BCUT2D eigenvalue weighted by atomic mass is 9.96. The van der Waals surface area contributed by atoms with Gasteiger partial charge in [-0.05, 0) is 43.6 Å². The zero-order valence-corrected chi connectivity index (χ0v) is 12.1. The second-order valence-corrected chi connectivity index (χ2v) is 5.80. The van der Waals surface area contributed by atoms with Crippen molar-refractivity contribution < 1.29 is 4.79 Å². The van der Waals surface area contributed by atoms with E-state index in [0.717, 1.165) is 18.7 Å². The fourth-order valence-corrected chi connectivity index (χ4v) is 3.71. The molecule has 18 heavy (non-hydrogen) atoms. The van der Waals surface area contributed by atoms with Gasteiger partial charge < -0.3 is 10.6 Å². The summed E-state index contributed by atoms with van der Waals surface area (Å²) in [5.41, 5.74) is 8.02. The summed E-state index contributed by atoms with van der Waals surface area (Å²) in [7, 11) is 0. The summed E-state index contributed by atoms with van der Waals surface area (Å²) in [5, 5.41) is 2.79. The van der Waals surface area contributed by atoms with Crippen molar-refractivity contribution in [2.75, 3.05) is 18.8 Å². The van der Waals surface area contributed by atoms with Gasteiger partial charge >= 0.3 is 0 Å². The van der Waals surface area contributed by atoms with Gasteiger partial charge in [-0.2, -0.15) is 0 Å². The van der Waals surface area contributed by atoms with Crippen LogP contribution in [0.4, 0.5) is 5.00 Å². The molecule has 0 spiro atoms. The Balaban J connectivity index is 2.31. The van der Waals surface area contributed by atoms with Crippen molar-refractivity contribution in [3.63, 3.8) is 0 Å². The molecule has 1 aromatic heterocycles. The molecule has 1 heterocycles. The van der Waals surface area contributed by atoms with E-state index in [1.165, 1.54) is 42.6 Å². The van der Waals surface area contributed by atoms with Crippen LogP contribution in [-0.4, -0.2) is 23.9 Å². The highest BCUT2D eigenvalue weighted by Crippen LogP contribution is 2.40. The maximum Gasteiger partial charge on any atom is 0.257 e. The molecular weight excluding hydrogens is 244 g/mol. The van der Waals surface area contributed by atoms with Crippen LogP contribution < -0.4 is 5.73 Å². The van der Waals surface area contributed by atoms with Crippen LogP contribution in [0.2, 0.25) is 0 Å². The summed E-state index contributed by atoms with van der Waals surface area (Å²) in [5.74, 6) is 0.661. The largest absolute Gasteiger partial charge is 0.390 e. The third kappa shape index (κ3) is 2.39. The first kappa shape index (κ1) is 13.4. The van der Waals surface area contributed by atoms with Crippen molar-refractivity contribution in [1.82, 2.24) is 4.90 Å². The Hall–Kier alpha value is -1.03. The smallest absolute Gasteiger partial charge is 0.257 e. The molecule has 0 radical (unpaired) electrons. The van der Waals surface area contributed by atoms with E-state index >= 15 is 0 Å². The number of nitrogens with two attached hydrogens (primary N) is 1. The highest BCUT2D eigenvalue weighted by molar-refractivity contribution is 7.14. The molecule has 1 fully saturated rings. The number of anilines is 1. The fraction of sp³-hybridized carbons (Fsp3) is 0.643. The lowest BCUT2D eigenvalue weighted by Crippen LogP contribution is -2.31. The number of thiophene rings is 1. The number of carbonyl (C=O) groups excluding carboxylic acids is 1. The van der Waals surface area contributed by atoms with Gasteiger partial charge in [0.05, 0.1) is 10.6 Å². The third-order valence-electron chi connectivity index (χ3n) is 3.91. The predicted octanol–water partition coefficient (Wildman–Crippen LogP) is 3.47. The first-order chi connectivity index (χ1) is 8.69. The number of hydrogen-bond donors (Lipinski definition) is 1. The van der Waals surface area contributed by atoms with E-state index in [-0.39, 0.29) is 5.91 Å². The van der Waals surface area contributed by atoms with Crippen molar-refractivity contribution in [2.45, 2.75) is 45.4 Å². The van der Waals surface area contributed by atoms with Gasteiger partial charge in [-0.3, -0.25) is 4.79 Å². The minimum Gasteiger partial charge on any atom is -0.390 e. The maximum atomic E-state index is 12.5. The Morgan fingerprint density at radius 3 is 2.56 bits per heavy atom. The zero-order valence-electron chi connectivity index (χ0n) is 11.2. The van der Waals surface area contributed by atoms with Gasteiger partial charge in [0.1, 0.15) is 0 Å². The van der Waals surface area contributed by atoms with Crippen LogP contribution in [0.25, 0.3) is 0 Å². The van der Waals surface area contributed by atoms with Crippen molar-refractivity contribution >= 4 is 22.2 Å². The molecule has 0 saturated heterocycles. The molecule has 0 unspecified atom stereocenters. The number of nitrogens with zero attached hydrogens (tertiary/aromatic N) is 1. The molecule has 0 bridgehead atoms. The van der Waals surface area contributed by atoms with Gasteiger partial charge in [-0.1, -0.05) is 12.8 Å². The van der Waals surface area contributed by atoms with E-state index in [4.69, 9.17) is 5.73 Å². The molecule has 1 amide bonds. The number of carbonyl (C=O) groups is 1. The van der Waals surface area contributed by atoms with E-state index in [2.05, 4.69) is 5.38 Å². The summed E-state index contributed by atoms with van der Waals surface area (Å²) in [6.07, 6.45) is 4.96. The Bertz CT molecular complexity index is 417. The van der Waals surface area contributed by atoms with Crippen LogP contribution in [-0.2, 0) is 0 Å². The number of nitrogen functional groups attached to an aromatic ring is 1. The van der Waals surface area contributed by atoms with E-state index in [1.807, 2.05) is 18.7 Å². The van der Waals surface area contributed by atoms with E-state index in [1.54, 1.807) is 0 Å². The van der Waals surface area contributed by atoms with Crippen LogP contribution in [0, 0.1) is 0 Å². The summed E-state index contributed by atoms with van der Waals surface area (Å²) in [6.45, 7) is 5.52. The predicted molar refractivity (Wildman–Crippen MR) is 77.2 cm³/mol.